The van der Waals surface area contributed by atoms with Gasteiger partial charge in [-0.3, -0.25) is 4.79 Å². The summed E-state index contributed by atoms with van der Waals surface area (Å²) in [7, 11) is 1.47. The third-order valence-electron chi connectivity index (χ3n) is 4.28. The van der Waals surface area contributed by atoms with E-state index >= 15 is 0 Å². The number of benzene rings is 2. The molecule has 1 amide bonds. The van der Waals surface area contributed by atoms with E-state index in [2.05, 4.69) is 15.6 Å². The zero-order valence-electron chi connectivity index (χ0n) is 15.9. The number of halogens is 3. The average Bonchev–Trinajstić information content (AvgIpc) is 2.68. The molecule has 3 aromatic rings. The highest BCUT2D eigenvalue weighted by molar-refractivity contribution is 6.08. The fraction of sp³-hybridized carbons (Fsp3) is 0.143. The minimum atomic E-state index is -1.17. The molecule has 0 aliphatic rings. The molecule has 0 unspecified atom stereocenters. The van der Waals surface area contributed by atoms with E-state index in [9.17, 15) is 18.0 Å². The first kappa shape index (κ1) is 20.2. The van der Waals surface area contributed by atoms with Crippen molar-refractivity contribution >= 4 is 23.0 Å². The quantitative estimate of drug-likeness (QED) is 0.623. The van der Waals surface area contributed by atoms with Gasteiger partial charge in [0.15, 0.2) is 11.6 Å². The summed E-state index contributed by atoms with van der Waals surface area (Å²) in [4.78, 5) is 16.9. The van der Waals surface area contributed by atoms with Gasteiger partial charge in [0, 0.05) is 17.8 Å². The van der Waals surface area contributed by atoms with Crippen LogP contribution in [0.3, 0.4) is 0 Å². The van der Waals surface area contributed by atoms with E-state index in [1.807, 2.05) is 0 Å². The molecule has 29 heavy (non-hydrogen) atoms. The van der Waals surface area contributed by atoms with Crippen molar-refractivity contribution in [2.24, 2.45) is 0 Å². The number of aromatic nitrogens is 1. The molecule has 150 valence electrons. The maximum atomic E-state index is 13.8. The molecule has 0 aliphatic heterocycles. The summed E-state index contributed by atoms with van der Waals surface area (Å²) in [5.41, 5.74) is 1.79. The Morgan fingerprint density at radius 2 is 1.62 bits per heavy atom. The highest BCUT2D eigenvalue weighted by Gasteiger charge is 2.18. The second-order valence-electron chi connectivity index (χ2n) is 6.34. The van der Waals surface area contributed by atoms with E-state index in [4.69, 9.17) is 4.74 Å². The van der Waals surface area contributed by atoms with Gasteiger partial charge in [0.05, 0.1) is 29.7 Å². The third kappa shape index (κ3) is 4.48. The first-order valence-corrected chi connectivity index (χ1v) is 8.63. The lowest BCUT2D eigenvalue weighted by atomic mass is 10.1. The summed E-state index contributed by atoms with van der Waals surface area (Å²) in [6.07, 6.45) is 0. The van der Waals surface area contributed by atoms with Crippen LogP contribution in [0.1, 0.15) is 21.6 Å². The minimum absolute atomic E-state index is 0.0373. The highest BCUT2D eigenvalue weighted by Crippen LogP contribution is 2.28. The number of hydrogen-bond acceptors (Lipinski definition) is 4. The number of amides is 1. The Kier molecular flexibility index (Phi) is 5.72. The fourth-order valence-corrected chi connectivity index (χ4v) is 2.72. The summed E-state index contributed by atoms with van der Waals surface area (Å²) >= 11 is 0. The number of nitrogens with one attached hydrogen (secondary N) is 2. The molecule has 2 N–H and O–H groups in total. The average molecular weight is 401 g/mol. The van der Waals surface area contributed by atoms with Crippen molar-refractivity contribution in [3.05, 3.63) is 76.7 Å². The summed E-state index contributed by atoms with van der Waals surface area (Å²) in [5.74, 6) is -3.00. The first-order valence-electron chi connectivity index (χ1n) is 8.63. The van der Waals surface area contributed by atoms with Crippen LogP contribution in [-0.4, -0.2) is 18.0 Å². The highest BCUT2D eigenvalue weighted by atomic mass is 19.2. The molecule has 0 saturated heterocycles. The van der Waals surface area contributed by atoms with E-state index in [1.165, 1.54) is 25.3 Å². The molecule has 1 heterocycles. The molecule has 0 saturated carbocycles. The molecule has 5 nitrogen and oxygen atoms in total. The monoisotopic (exact) mass is 401 g/mol. The van der Waals surface area contributed by atoms with Crippen molar-refractivity contribution < 1.29 is 22.7 Å². The number of aryl methyl sites for hydroxylation is 2. The third-order valence-corrected chi connectivity index (χ3v) is 4.28. The molecule has 3 rings (SSSR count). The van der Waals surface area contributed by atoms with Gasteiger partial charge in [0.25, 0.3) is 5.91 Å². The van der Waals surface area contributed by atoms with E-state index in [0.717, 1.165) is 12.1 Å². The summed E-state index contributed by atoms with van der Waals surface area (Å²) < 4.78 is 46.0. The lowest BCUT2D eigenvalue weighted by Gasteiger charge is -2.15. The number of carbonyl (C=O) groups excluding carboxylic acids is 1. The van der Waals surface area contributed by atoms with Gasteiger partial charge < -0.3 is 15.4 Å². The number of hydrogen-bond donors (Lipinski definition) is 2. The van der Waals surface area contributed by atoms with Gasteiger partial charge in [0.1, 0.15) is 5.82 Å². The van der Waals surface area contributed by atoms with Crippen molar-refractivity contribution in [1.82, 2.24) is 4.98 Å². The first-order chi connectivity index (χ1) is 13.8. The molecule has 0 atom stereocenters. The minimum Gasteiger partial charge on any atom is -0.481 e. The van der Waals surface area contributed by atoms with Crippen LogP contribution >= 0.6 is 0 Å². The van der Waals surface area contributed by atoms with Gasteiger partial charge in [-0.25, -0.2) is 18.2 Å². The van der Waals surface area contributed by atoms with Gasteiger partial charge in [0.2, 0.25) is 5.88 Å². The molecule has 0 radical (unpaired) electrons. The van der Waals surface area contributed by atoms with Crippen LogP contribution < -0.4 is 15.4 Å². The van der Waals surface area contributed by atoms with E-state index in [1.54, 1.807) is 26.0 Å². The molecule has 0 bridgehead atoms. The fourth-order valence-electron chi connectivity index (χ4n) is 2.72. The topological polar surface area (TPSA) is 63.2 Å². The standard InChI is InChI=1S/C21H18F3N3O2/c1-11-8-13(22)4-5-17(11)26-19-10-16(24)15(23)9-14(19)21(28)27-18-6-7-20(29-3)25-12(18)2/h4-10,26H,1-3H3,(H,27,28). The zero-order valence-corrected chi connectivity index (χ0v) is 15.9. The van der Waals surface area contributed by atoms with Gasteiger partial charge in [-0.15, -0.1) is 0 Å². The SMILES string of the molecule is COc1ccc(NC(=O)c2cc(F)c(F)cc2Nc2ccc(F)cc2C)c(C)n1. The largest absolute Gasteiger partial charge is 0.481 e. The summed E-state index contributed by atoms with van der Waals surface area (Å²) in [5, 5.41) is 5.49. The Morgan fingerprint density at radius 3 is 2.28 bits per heavy atom. The van der Waals surface area contributed by atoms with Gasteiger partial charge in [-0.05, 0) is 49.7 Å². The maximum absolute atomic E-state index is 13.8. The molecule has 0 aliphatic carbocycles. The zero-order chi connectivity index (χ0) is 21.1. The Labute approximate surface area is 165 Å². The summed E-state index contributed by atoms with van der Waals surface area (Å²) in [6.45, 7) is 3.32. The normalized spacial score (nSPS) is 10.6. The van der Waals surface area contributed by atoms with Crippen LogP contribution in [0.4, 0.5) is 30.2 Å². The van der Waals surface area contributed by atoms with Gasteiger partial charge in [-0.1, -0.05) is 0 Å². The van der Waals surface area contributed by atoms with Gasteiger partial charge in [-0.2, -0.15) is 0 Å². The van der Waals surface area contributed by atoms with E-state index in [0.29, 0.717) is 28.5 Å². The number of pyridine rings is 1. The molecule has 2 aromatic carbocycles. The number of rotatable bonds is 5. The Hall–Kier alpha value is -3.55. The van der Waals surface area contributed by atoms with Crippen molar-refractivity contribution in [1.29, 1.82) is 0 Å². The second kappa shape index (κ2) is 8.22. The smallest absolute Gasteiger partial charge is 0.257 e. The van der Waals surface area contributed by atoms with Crippen LogP contribution in [0, 0.1) is 31.3 Å². The van der Waals surface area contributed by atoms with Crippen LogP contribution in [0.5, 0.6) is 5.88 Å². The number of anilines is 3. The number of nitrogens with zero attached hydrogens (tertiary/aromatic N) is 1. The van der Waals surface area contributed by atoms with Crippen LogP contribution in [-0.2, 0) is 0 Å². The van der Waals surface area contributed by atoms with Gasteiger partial charge >= 0.3 is 0 Å². The number of ether oxygens (including phenoxy) is 1. The van der Waals surface area contributed by atoms with Crippen LogP contribution in [0.25, 0.3) is 0 Å². The molecule has 1 aromatic heterocycles. The van der Waals surface area contributed by atoms with Crippen LogP contribution in [0.15, 0.2) is 42.5 Å². The number of carbonyl (C=O) groups is 1. The van der Waals surface area contributed by atoms with Crippen LogP contribution in [0.2, 0.25) is 0 Å². The molecule has 0 fully saturated rings. The lowest BCUT2D eigenvalue weighted by Crippen LogP contribution is -2.16. The molecule has 0 spiro atoms. The van der Waals surface area contributed by atoms with Crippen molar-refractivity contribution in [3.63, 3.8) is 0 Å². The lowest BCUT2D eigenvalue weighted by molar-refractivity contribution is 0.102. The predicted octanol–water partition coefficient (Wildman–Crippen LogP) is 5.12. The summed E-state index contributed by atoms with van der Waals surface area (Å²) in [6, 6.07) is 8.80. The van der Waals surface area contributed by atoms with Crippen molar-refractivity contribution in [3.8, 4) is 5.88 Å². The van der Waals surface area contributed by atoms with E-state index in [-0.39, 0.29) is 11.3 Å². The Balaban J connectivity index is 1.95. The number of methoxy groups -OCH3 is 1. The molecular weight excluding hydrogens is 383 g/mol. The predicted molar refractivity (Wildman–Crippen MR) is 104 cm³/mol. The molecule has 8 heteroatoms. The maximum Gasteiger partial charge on any atom is 0.257 e. The Bertz CT molecular complexity index is 1090. The Morgan fingerprint density at radius 1 is 0.931 bits per heavy atom. The van der Waals surface area contributed by atoms with Crippen molar-refractivity contribution in [2.75, 3.05) is 17.7 Å². The second-order valence-corrected chi connectivity index (χ2v) is 6.34. The van der Waals surface area contributed by atoms with E-state index < -0.39 is 23.4 Å². The van der Waals surface area contributed by atoms with Crippen molar-refractivity contribution in [2.45, 2.75) is 13.8 Å². The molecular formula is C21H18F3N3O2.